The number of carbonyl (C=O) groups is 1. The van der Waals surface area contributed by atoms with Gasteiger partial charge in [-0.1, -0.05) is 11.3 Å². The number of esters is 1. The number of nitrogens with zero attached hydrogens (tertiary/aromatic N) is 1. The average molecular weight is 357 g/mol. The van der Waals surface area contributed by atoms with Crippen LogP contribution < -0.4 is 0 Å². The van der Waals surface area contributed by atoms with Gasteiger partial charge in [-0.05, 0) is 42.8 Å². The Morgan fingerprint density at radius 2 is 2.17 bits per heavy atom. The summed E-state index contributed by atoms with van der Waals surface area (Å²) in [4.78, 5) is 22.2. The molecule has 1 rings (SSSR count). The van der Waals surface area contributed by atoms with E-state index >= 15 is 0 Å². The minimum absolute atomic E-state index is 0.0841. The van der Waals surface area contributed by atoms with Gasteiger partial charge in [0.05, 0.1) is 4.92 Å². The molecule has 8 heteroatoms. The Kier molecular flexibility index (Phi) is 4.74. The molecular weight excluding hydrogens is 346 g/mol. The maximum atomic E-state index is 11.7. The van der Waals surface area contributed by atoms with Crippen LogP contribution in [-0.4, -0.2) is 16.5 Å². The Labute approximate surface area is 121 Å². The van der Waals surface area contributed by atoms with Crippen LogP contribution in [0.2, 0.25) is 0 Å². The SMILES string of the molecule is CC(C)(C)OC(=O)C(Cl)c1cc(Br)c([N+](=O)[O-])s1. The summed E-state index contributed by atoms with van der Waals surface area (Å²) in [7, 11) is 0. The maximum Gasteiger partial charge on any atom is 0.338 e. The minimum Gasteiger partial charge on any atom is -0.459 e. The fourth-order valence-electron chi connectivity index (χ4n) is 1.10. The third kappa shape index (κ3) is 3.93. The zero-order chi connectivity index (χ0) is 14.1. The van der Waals surface area contributed by atoms with Crippen LogP contribution >= 0.6 is 38.9 Å². The number of hydrogen-bond acceptors (Lipinski definition) is 5. The second-order valence-corrected chi connectivity index (χ2v) is 6.81. The van der Waals surface area contributed by atoms with Crippen molar-refractivity contribution in [2.75, 3.05) is 0 Å². The number of carbonyl (C=O) groups excluding carboxylic acids is 1. The smallest absolute Gasteiger partial charge is 0.338 e. The summed E-state index contributed by atoms with van der Waals surface area (Å²) in [5.41, 5.74) is -0.648. The van der Waals surface area contributed by atoms with Crippen molar-refractivity contribution in [1.29, 1.82) is 0 Å². The molecular formula is C10H11BrClNO4S. The first-order valence-corrected chi connectivity index (χ1v) is 6.97. The Morgan fingerprint density at radius 3 is 2.56 bits per heavy atom. The van der Waals surface area contributed by atoms with Gasteiger partial charge in [0.15, 0.2) is 5.38 Å². The fraction of sp³-hybridized carbons (Fsp3) is 0.500. The van der Waals surface area contributed by atoms with Crippen LogP contribution in [0.1, 0.15) is 31.0 Å². The van der Waals surface area contributed by atoms with E-state index in [1.807, 2.05) is 0 Å². The molecule has 0 fully saturated rings. The van der Waals surface area contributed by atoms with Crippen molar-refractivity contribution in [2.24, 2.45) is 0 Å². The zero-order valence-electron chi connectivity index (χ0n) is 9.90. The molecule has 0 saturated carbocycles. The fourth-order valence-corrected chi connectivity index (χ4v) is 2.95. The summed E-state index contributed by atoms with van der Waals surface area (Å²) in [6.45, 7) is 5.17. The van der Waals surface area contributed by atoms with Crippen molar-refractivity contribution in [3.63, 3.8) is 0 Å². The Balaban J connectivity index is 2.91. The van der Waals surface area contributed by atoms with E-state index < -0.39 is 21.9 Å². The standard InChI is InChI=1S/C10H11BrClNO4S/c1-10(2,3)17-9(14)7(12)6-4-5(11)8(18-6)13(15)16/h4,7H,1-3H3. The summed E-state index contributed by atoms with van der Waals surface area (Å²) < 4.78 is 5.42. The van der Waals surface area contributed by atoms with Gasteiger partial charge >= 0.3 is 11.0 Å². The normalized spacial score (nSPS) is 13.2. The van der Waals surface area contributed by atoms with E-state index in [9.17, 15) is 14.9 Å². The van der Waals surface area contributed by atoms with E-state index in [-0.39, 0.29) is 5.00 Å². The highest BCUT2D eigenvalue weighted by Crippen LogP contribution is 2.40. The second kappa shape index (κ2) is 5.54. The van der Waals surface area contributed by atoms with Gasteiger partial charge in [0.2, 0.25) is 0 Å². The number of thiophene rings is 1. The lowest BCUT2D eigenvalue weighted by Gasteiger charge is -2.20. The molecule has 18 heavy (non-hydrogen) atoms. The molecule has 5 nitrogen and oxygen atoms in total. The number of halogens is 2. The van der Waals surface area contributed by atoms with Crippen molar-refractivity contribution in [3.05, 3.63) is 25.5 Å². The second-order valence-electron chi connectivity index (χ2n) is 4.45. The van der Waals surface area contributed by atoms with Gasteiger partial charge < -0.3 is 4.74 Å². The quantitative estimate of drug-likeness (QED) is 0.355. The van der Waals surface area contributed by atoms with Crippen LogP contribution in [0.25, 0.3) is 0 Å². The van der Waals surface area contributed by atoms with Gasteiger partial charge in [-0.25, -0.2) is 0 Å². The summed E-state index contributed by atoms with van der Waals surface area (Å²) in [5.74, 6) is -0.618. The largest absolute Gasteiger partial charge is 0.459 e. The van der Waals surface area contributed by atoms with Crippen LogP contribution in [0, 0.1) is 10.1 Å². The summed E-state index contributed by atoms with van der Waals surface area (Å²) in [5, 5.41) is 9.56. The molecule has 0 spiro atoms. The molecule has 100 valence electrons. The van der Waals surface area contributed by atoms with E-state index in [4.69, 9.17) is 16.3 Å². The highest BCUT2D eigenvalue weighted by atomic mass is 79.9. The lowest BCUT2D eigenvalue weighted by molar-refractivity contribution is -0.380. The van der Waals surface area contributed by atoms with Crippen molar-refractivity contribution in [3.8, 4) is 0 Å². The lowest BCUT2D eigenvalue weighted by atomic mass is 10.2. The van der Waals surface area contributed by atoms with E-state index in [1.165, 1.54) is 6.07 Å². The Hall–Kier alpha value is -0.660. The van der Waals surface area contributed by atoms with Crippen molar-refractivity contribution in [1.82, 2.24) is 0 Å². The highest BCUT2D eigenvalue weighted by Gasteiger charge is 2.29. The first kappa shape index (κ1) is 15.4. The molecule has 0 aliphatic heterocycles. The number of alkyl halides is 1. The number of rotatable bonds is 3. The van der Waals surface area contributed by atoms with Crippen LogP contribution in [0.3, 0.4) is 0 Å². The third-order valence-electron chi connectivity index (χ3n) is 1.72. The summed E-state index contributed by atoms with van der Waals surface area (Å²) >= 11 is 9.85. The van der Waals surface area contributed by atoms with Crippen molar-refractivity contribution in [2.45, 2.75) is 31.7 Å². The molecule has 0 saturated heterocycles. The molecule has 0 aromatic carbocycles. The molecule has 0 aliphatic rings. The predicted molar refractivity (Wildman–Crippen MR) is 73.1 cm³/mol. The van der Waals surface area contributed by atoms with Crippen LogP contribution in [0.15, 0.2) is 10.5 Å². The summed E-state index contributed by atoms with van der Waals surface area (Å²) in [6, 6.07) is 1.46. The predicted octanol–water partition coefficient (Wildman–Crippen LogP) is 4.04. The topological polar surface area (TPSA) is 69.4 Å². The zero-order valence-corrected chi connectivity index (χ0v) is 13.1. The summed E-state index contributed by atoms with van der Waals surface area (Å²) in [6.07, 6.45) is 0. The van der Waals surface area contributed by atoms with Gasteiger partial charge in [0, 0.05) is 4.88 Å². The van der Waals surface area contributed by atoms with E-state index in [0.29, 0.717) is 9.35 Å². The monoisotopic (exact) mass is 355 g/mol. The van der Waals surface area contributed by atoms with Crippen LogP contribution in [0.5, 0.6) is 0 Å². The molecule has 1 atom stereocenters. The van der Waals surface area contributed by atoms with Gasteiger partial charge in [0.25, 0.3) is 0 Å². The van der Waals surface area contributed by atoms with Crippen molar-refractivity contribution < 1.29 is 14.5 Å². The van der Waals surface area contributed by atoms with Crippen LogP contribution in [-0.2, 0) is 9.53 Å². The number of nitro groups is 1. The molecule has 0 radical (unpaired) electrons. The van der Waals surface area contributed by atoms with E-state index in [2.05, 4.69) is 15.9 Å². The van der Waals surface area contributed by atoms with E-state index in [1.54, 1.807) is 20.8 Å². The lowest BCUT2D eigenvalue weighted by Crippen LogP contribution is -2.25. The van der Waals surface area contributed by atoms with Crippen LogP contribution in [0.4, 0.5) is 5.00 Å². The number of ether oxygens (including phenoxy) is 1. The maximum absolute atomic E-state index is 11.7. The molecule has 1 aromatic heterocycles. The third-order valence-corrected chi connectivity index (χ3v) is 4.28. The number of hydrogen-bond donors (Lipinski definition) is 0. The average Bonchev–Trinajstić information content (AvgIpc) is 2.56. The molecule has 0 aliphatic carbocycles. The van der Waals surface area contributed by atoms with Gasteiger partial charge in [0.1, 0.15) is 10.1 Å². The van der Waals surface area contributed by atoms with Gasteiger partial charge in [-0.3, -0.25) is 14.9 Å². The van der Waals surface area contributed by atoms with Gasteiger partial charge in [-0.15, -0.1) is 11.6 Å². The minimum atomic E-state index is -1.04. The molecule has 0 N–H and O–H groups in total. The molecule has 0 bridgehead atoms. The first-order valence-electron chi connectivity index (χ1n) is 4.92. The molecule has 1 unspecified atom stereocenters. The highest BCUT2D eigenvalue weighted by molar-refractivity contribution is 9.10. The Morgan fingerprint density at radius 1 is 1.61 bits per heavy atom. The van der Waals surface area contributed by atoms with E-state index in [0.717, 1.165) is 11.3 Å². The first-order chi connectivity index (χ1) is 8.11. The Bertz CT molecular complexity index is 483. The molecule has 0 amide bonds. The molecule has 1 aromatic rings. The van der Waals surface area contributed by atoms with Crippen molar-refractivity contribution >= 4 is 49.8 Å². The van der Waals surface area contributed by atoms with Gasteiger partial charge in [-0.2, -0.15) is 0 Å². The molecule has 1 heterocycles.